The number of carbonyl (C=O) groups excluding carboxylic acids is 1. The Hall–Kier alpha value is -3.97. The first-order valence-corrected chi connectivity index (χ1v) is 10.4. The Kier molecular flexibility index (Phi) is 5.17. The van der Waals surface area contributed by atoms with Crippen molar-refractivity contribution in [3.8, 4) is 5.69 Å². The van der Waals surface area contributed by atoms with Gasteiger partial charge in [-0.25, -0.2) is 5.01 Å². The van der Waals surface area contributed by atoms with Crippen molar-refractivity contribution in [1.29, 1.82) is 0 Å². The van der Waals surface area contributed by atoms with Crippen molar-refractivity contribution in [1.82, 2.24) is 14.8 Å². The van der Waals surface area contributed by atoms with Gasteiger partial charge < -0.3 is 5.32 Å². The highest BCUT2D eigenvalue weighted by molar-refractivity contribution is 6.30. The number of benzene rings is 3. The smallest absolute Gasteiger partial charge is 0.252 e. The number of hydrogen-bond donors (Lipinski definition) is 1. The largest absolute Gasteiger partial charge is 0.329 e. The number of halogens is 1. The summed E-state index contributed by atoms with van der Waals surface area (Å²) in [6.07, 6.45) is 0.662. The van der Waals surface area contributed by atoms with E-state index in [1.165, 1.54) is 0 Å². The van der Waals surface area contributed by atoms with Crippen LogP contribution < -0.4 is 10.3 Å². The number of nitrogens with zero attached hydrogens (tertiary/aromatic N) is 5. The number of nitrogens with one attached hydrogen (secondary N) is 1. The fourth-order valence-corrected chi connectivity index (χ4v) is 3.89. The first-order valence-electron chi connectivity index (χ1n) is 10.1. The van der Waals surface area contributed by atoms with E-state index >= 15 is 0 Å². The van der Waals surface area contributed by atoms with Crippen LogP contribution in [0.25, 0.3) is 5.69 Å². The molecule has 0 saturated heterocycles. The lowest BCUT2D eigenvalue weighted by atomic mass is 10.0. The maximum Gasteiger partial charge on any atom is 0.252 e. The van der Waals surface area contributed by atoms with Crippen LogP contribution in [0.4, 0.5) is 11.6 Å². The lowest BCUT2D eigenvalue weighted by Crippen LogP contribution is -2.20. The van der Waals surface area contributed by atoms with Crippen molar-refractivity contribution < 1.29 is 4.79 Å². The Morgan fingerprint density at radius 3 is 2.47 bits per heavy atom. The zero-order valence-corrected chi connectivity index (χ0v) is 18.0. The summed E-state index contributed by atoms with van der Waals surface area (Å²) in [5.41, 5.74) is 5.46. The zero-order chi connectivity index (χ0) is 22.1. The van der Waals surface area contributed by atoms with Crippen LogP contribution in [0.1, 0.15) is 22.5 Å². The number of rotatable bonds is 5. The summed E-state index contributed by atoms with van der Waals surface area (Å²) < 4.78 is 2.02. The molecule has 1 N–H and O–H groups in total. The standard InChI is InChI=1S/C24H19ClN6O/c1-16-27-28-24-30(14-17-6-12-20(13-7-17)26-15-32)29-23(18-8-10-19(25)11-9-18)21-4-2-3-5-22(21)31(16)24/h2-13,15H,14H2,1H3,(H,26,32). The maximum atomic E-state index is 10.7. The van der Waals surface area contributed by atoms with Crippen LogP contribution in [0.3, 0.4) is 0 Å². The first-order chi connectivity index (χ1) is 15.6. The van der Waals surface area contributed by atoms with Crippen LogP contribution in [0.2, 0.25) is 5.02 Å². The molecular formula is C24H19ClN6O. The van der Waals surface area contributed by atoms with Crippen LogP contribution in [-0.4, -0.2) is 26.9 Å². The van der Waals surface area contributed by atoms with E-state index in [0.29, 0.717) is 23.9 Å². The monoisotopic (exact) mass is 442 g/mol. The number of aromatic nitrogens is 3. The van der Waals surface area contributed by atoms with Gasteiger partial charge in [-0.3, -0.25) is 9.36 Å². The van der Waals surface area contributed by atoms with Gasteiger partial charge in [-0.05, 0) is 42.8 Å². The summed E-state index contributed by atoms with van der Waals surface area (Å²) in [6.45, 7) is 2.41. The lowest BCUT2D eigenvalue weighted by Gasteiger charge is -2.18. The van der Waals surface area contributed by atoms with Gasteiger partial charge in [0.2, 0.25) is 6.41 Å². The van der Waals surface area contributed by atoms with Crippen LogP contribution in [0.5, 0.6) is 0 Å². The molecule has 0 atom stereocenters. The summed E-state index contributed by atoms with van der Waals surface area (Å²) in [5, 5.41) is 19.0. The molecule has 0 aliphatic carbocycles. The predicted octanol–water partition coefficient (Wildman–Crippen LogP) is 4.57. The number of amides is 1. The number of para-hydroxylation sites is 1. The number of hydrazone groups is 1. The molecule has 3 aromatic carbocycles. The van der Waals surface area contributed by atoms with Gasteiger partial charge >= 0.3 is 0 Å². The third-order valence-electron chi connectivity index (χ3n) is 5.29. The second-order valence-corrected chi connectivity index (χ2v) is 7.81. The van der Waals surface area contributed by atoms with E-state index in [4.69, 9.17) is 16.7 Å². The van der Waals surface area contributed by atoms with Crippen molar-refractivity contribution in [2.75, 3.05) is 10.3 Å². The van der Waals surface area contributed by atoms with E-state index in [2.05, 4.69) is 21.6 Å². The molecule has 1 aromatic heterocycles. The molecule has 1 aliphatic rings. The minimum absolute atomic E-state index is 0.477. The van der Waals surface area contributed by atoms with Gasteiger partial charge in [0.15, 0.2) is 0 Å². The Labute approximate surface area is 190 Å². The van der Waals surface area contributed by atoms with Gasteiger partial charge in [0, 0.05) is 21.8 Å². The summed E-state index contributed by atoms with van der Waals surface area (Å²) >= 11 is 6.13. The van der Waals surface area contributed by atoms with Gasteiger partial charge in [-0.15, -0.1) is 10.2 Å². The van der Waals surface area contributed by atoms with E-state index in [-0.39, 0.29) is 0 Å². The molecule has 0 spiro atoms. The van der Waals surface area contributed by atoms with Gasteiger partial charge in [0.25, 0.3) is 5.95 Å². The SMILES string of the molecule is Cc1nnc2n1-c1ccccc1C(c1ccc(Cl)cc1)=NN2Cc1ccc(NC=O)cc1. The van der Waals surface area contributed by atoms with Crippen molar-refractivity contribution in [2.24, 2.45) is 5.10 Å². The summed E-state index contributed by atoms with van der Waals surface area (Å²) in [6, 6.07) is 23.4. The third-order valence-corrected chi connectivity index (χ3v) is 5.54. The molecule has 0 radical (unpaired) electrons. The molecule has 5 rings (SSSR count). The molecule has 0 unspecified atom stereocenters. The zero-order valence-electron chi connectivity index (χ0n) is 17.2. The third kappa shape index (κ3) is 3.63. The molecule has 0 fully saturated rings. The summed E-state index contributed by atoms with van der Waals surface area (Å²) in [5.74, 6) is 1.41. The van der Waals surface area contributed by atoms with Crippen LogP contribution in [-0.2, 0) is 11.3 Å². The topological polar surface area (TPSA) is 75.4 Å². The lowest BCUT2D eigenvalue weighted by molar-refractivity contribution is -0.105. The molecule has 0 bridgehead atoms. The number of hydrogen-bond acceptors (Lipinski definition) is 5. The Morgan fingerprint density at radius 1 is 0.969 bits per heavy atom. The molecular weight excluding hydrogens is 424 g/mol. The second-order valence-electron chi connectivity index (χ2n) is 7.37. The molecule has 0 saturated carbocycles. The normalized spacial score (nSPS) is 12.4. The predicted molar refractivity (Wildman–Crippen MR) is 125 cm³/mol. The molecule has 4 aromatic rings. The highest BCUT2D eigenvalue weighted by Gasteiger charge is 2.26. The van der Waals surface area contributed by atoms with Crippen molar-refractivity contribution in [2.45, 2.75) is 13.5 Å². The minimum atomic E-state index is 0.477. The van der Waals surface area contributed by atoms with Crippen LogP contribution in [0, 0.1) is 6.92 Å². The molecule has 1 amide bonds. The van der Waals surface area contributed by atoms with E-state index in [0.717, 1.165) is 39.6 Å². The number of anilines is 2. The second kappa shape index (κ2) is 8.28. The van der Waals surface area contributed by atoms with Crippen molar-refractivity contribution in [3.05, 3.63) is 100 Å². The van der Waals surface area contributed by atoms with Crippen LogP contribution >= 0.6 is 11.6 Å². The molecule has 1 aliphatic heterocycles. The van der Waals surface area contributed by atoms with Gasteiger partial charge in [-0.1, -0.05) is 54.1 Å². The van der Waals surface area contributed by atoms with Gasteiger partial charge in [0.1, 0.15) is 11.5 Å². The van der Waals surface area contributed by atoms with Gasteiger partial charge in [-0.2, -0.15) is 5.10 Å². The Bertz CT molecular complexity index is 1310. The Balaban J connectivity index is 1.65. The van der Waals surface area contributed by atoms with E-state index in [1.807, 2.05) is 83.2 Å². The van der Waals surface area contributed by atoms with E-state index < -0.39 is 0 Å². The maximum absolute atomic E-state index is 10.7. The molecule has 7 nitrogen and oxygen atoms in total. The molecule has 158 valence electrons. The highest BCUT2D eigenvalue weighted by atomic mass is 35.5. The average Bonchev–Trinajstić information content (AvgIpc) is 3.13. The number of aryl methyl sites for hydroxylation is 1. The van der Waals surface area contributed by atoms with E-state index in [9.17, 15) is 4.79 Å². The quantitative estimate of drug-likeness (QED) is 0.459. The Morgan fingerprint density at radius 2 is 1.72 bits per heavy atom. The van der Waals surface area contributed by atoms with Crippen LogP contribution in [0.15, 0.2) is 77.9 Å². The van der Waals surface area contributed by atoms with Crippen molar-refractivity contribution >= 4 is 35.4 Å². The van der Waals surface area contributed by atoms with E-state index in [1.54, 1.807) is 0 Å². The number of fused-ring (bicyclic) bond motifs is 3. The first kappa shape index (κ1) is 20.0. The molecule has 8 heteroatoms. The van der Waals surface area contributed by atoms with Gasteiger partial charge in [0.05, 0.1) is 12.2 Å². The summed E-state index contributed by atoms with van der Waals surface area (Å²) in [7, 11) is 0. The fourth-order valence-electron chi connectivity index (χ4n) is 3.76. The highest BCUT2D eigenvalue weighted by Crippen LogP contribution is 2.30. The fraction of sp³-hybridized carbons (Fsp3) is 0.0833. The van der Waals surface area contributed by atoms with Crippen molar-refractivity contribution in [3.63, 3.8) is 0 Å². The minimum Gasteiger partial charge on any atom is -0.329 e. The molecule has 32 heavy (non-hydrogen) atoms. The number of carbonyl (C=O) groups is 1. The summed E-state index contributed by atoms with van der Waals surface area (Å²) in [4.78, 5) is 10.7. The molecule has 2 heterocycles. The average molecular weight is 443 g/mol.